The van der Waals surface area contributed by atoms with Gasteiger partial charge in [0.05, 0.1) is 11.3 Å². The average molecular weight is 286 g/mol. The van der Waals surface area contributed by atoms with E-state index in [2.05, 4.69) is 10.2 Å². The van der Waals surface area contributed by atoms with Crippen molar-refractivity contribution in [1.29, 1.82) is 0 Å². The van der Waals surface area contributed by atoms with Crippen molar-refractivity contribution in [3.63, 3.8) is 0 Å². The summed E-state index contributed by atoms with van der Waals surface area (Å²) in [6, 6.07) is 0. The summed E-state index contributed by atoms with van der Waals surface area (Å²) in [5, 5.41) is 17.2. The Bertz CT molecular complexity index is 484. The van der Waals surface area contributed by atoms with Crippen molar-refractivity contribution in [2.45, 2.75) is 44.3 Å². The topological polar surface area (TPSA) is 111 Å². The third kappa shape index (κ3) is 3.95. The van der Waals surface area contributed by atoms with Gasteiger partial charge in [0, 0.05) is 12.8 Å². The number of aromatic nitrogens is 3. The molecule has 1 aromatic rings. The van der Waals surface area contributed by atoms with E-state index in [1.807, 2.05) is 20.8 Å². The number of aryl methyl sites for hydroxylation is 1. The highest BCUT2D eigenvalue weighted by Crippen LogP contribution is 2.28. The van der Waals surface area contributed by atoms with Crippen LogP contribution in [0, 0.1) is 0 Å². The summed E-state index contributed by atoms with van der Waals surface area (Å²) in [6.45, 7) is 5.63. The van der Waals surface area contributed by atoms with E-state index < -0.39 is 17.4 Å². The van der Waals surface area contributed by atoms with Gasteiger partial charge in [0.1, 0.15) is 5.82 Å². The van der Waals surface area contributed by atoms with Crippen LogP contribution in [0.5, 0.6) is 0 Å². The van der Waals surface area contributed by atoms with Crippen molar-refractivity contribution >= 4 is 23.6 Å². The maximum absolute atomic E-state index is 11.2. The zero-order valence-electron chi connectivity index (χ0n) is 11.2. The van der Waals surface area contributed by atoms with E-state index in [1.54, 1.807) is 4.57 Å². The molecule has 1 aromatic heterocycles. The monoisotopic (exact) mass is 286 g/mol. The van der Waals surface area contributed by atoms with E-state index in [4.69, 9.17) is 10.8 Å². The minimum atomic E-state index is -0.926. The number of rotatable bonds is 7. The van der Waals surface area contributed by atoms with Crippen LogP contribution in [0.3, 0.4) is 0 Å². The van der Waals surface area contributed by atoms with Gasteiger partial charge in [-0.15, -0.1) is 10.2 Å². The third-order valence-corrected chi connectivity index (χ3v) is 3.47. The summed E-state index contributed by atoms with van der Waals surface area (Å²) in [7, 11) is 0. The largest absolute Gasteiger partial charge is 0.481 e. The summed E-state index contributed by atoms with van der Waals surface area (Å²) in [6.07, 6.45) is 0.779. The Labute approximate surface area is 115 Å². The Hall–Kier alpha value is -1.57. The van der Waals surface area contributed by atoms with E-state index in [-0.39, 0.29) is 12.2 Å². The first kappa shape index (κ1) is 15.5. The lowest BCUT2D eigenvalue weighted by Crippen LogP contribution is -2.34. The standard InChI is InChI=1S/C11H18N4O3S/c1-4-8-13-14-10(19-6-9(17)18)15(8)11(2,3)5-7(12)16/h4-6H2,1-3H3,(H2,12,16)(H,17,18). The van der Waals surface area contributed by atoms with Crippen molar-refractivity contribution in [2.24, 2.45) is 5.73 Å². The lowest BCUT2D eigenvalue weighted by atomic mass is 10.00. The van der Waals surface area contributed by atoms with Crippen molar-refractivity contribution < 1.29 is 14.7 Å². The Balaban J connectivity index is 3.11. The number of carbonyl (C=O) groups excluding carboxylic acids is 1. The van der Waals surface area contributed by atoms with Crippen LogP contribution in [0.25, 0.3) is 0 Å². The minimum Gasteiger partial charge on any atom is -0.481 e. The fourth-order valence-electron chi connectivity index (χ4n) is 1.86. The molecular weight excluding hydrogens is 268 g/mol. The Morgan fingerprint density at radius 2 is 2.05 bits per heavy atom. The molecule has 106 valence electrons. The molecule has 0 unspecified atom stereocenters. The molecule has 0 aliphatic heterocycles. The highest BCUT2D eigenvalue weighted by atomic mass is 32.2. The lowest BCUT2D eigenvalue weighted by molar-refractivity contribution is -0.134. The van der Waals surface area contributed by atoms with E-state index in [9.17, 15) is 9.59 Å². The predicted molar refractivity (Wildman–Crippen MR) is 70.9 cm³/mol. The molecule has 1 rings (SSSR count). The Kier molecular flexibility index (Phi) is 4.93. The summed E-state index contributed by atoms with van der Waals surface area (Å²) < 4.78 is 1.80. The van der Waals surface area contributed by atoms with E-state index in [0.29, 0.717) is 17.4 Å². The molecule has 0 aromatic carbocycles. The number of hydrogen-bond acceptors (Lipinski definition) is 5. The van der Waals surface area contributed by atoms with Crippen molar-refractivity contribution in [2.75, 3.05) is 5.75 Å². The quantitative estimate of drug-likeness (QED) is 0.711. The van der Waals surface area contributed by atoms with Gasteiger partial charge in [-0.2, -0.15) is 0 Å². The lowest BCUT2D eigenvalue weighted by Gasteiger charge is -2.27. The van der Waals surface area contributed by atoms with E-state index in [1.165, 1.54) is 0 Å². The molecule has 0 radical (unpaired) electrons. The van der Waals surface area contributed by atoms with Gasteiger partial charge in [-0.05, 0) is 13.8 Å². The van der Waals surface area contributed by atoms with Gasteiger partial charge >= 0.3 is 5.97 Å². The van der Waals surface area contributed by atoms with Gasteiger partial charge in [-0.25, -0.2) is 0 Å². The maximum Gasteiger partial charge on any atom is 0.313 e. The van der Waals surface area contributed by atoms with Gasteiger partial charge in [-0.1, -0.05) is 18.7 Å². The van der Waals surface area contributed by atoms with Crippen LogP contribution in [0.4, 0.5) is 0 Å². The number of carboxylic acids is 1. The molecule has 0 saturated carbocycles. The van der Waals surface area contributed by atoms with Crippen LogP contribution in [-0.2, 0) is 21.5 Å². The fourth-order valence-corrected chi connectivity index (χ4v) is 2.70. The zero-order chi connectivity index (χ0) is 14.6. The Morgan fingerprint density at radius 3 is 2.53 bits per heavy atom. The summed E-state index contributed by atoms with van der Waals surface area (Å²) in [5.74, 6) is -0.742. The van der Waals surface area contributed by atoms with Gasteiger partial charge in [-0.3, -0.25) is 14.2 Å². The number of nitrogens with zero attached hydrogens (tertiary/aromatic N) is 3. The molecule has 0 atom stereocenters. The molecule has 0 saturated heterocycles. The van der Waals surface area contributed by atoms with Gasteiger partial charge in [0.2, 0.25) is 5.91 Å². The van der Waals surface area contributed by atoms with E-state index in [0.717, 1.165) is 11.8 Å². The number of aliphatic carboxylic acids is 1. The normalized spacial score (nSPS) is 11.5. The van der Waals surface area contributed by atoms with E-state index >= 15 is 0 Å². The first-order chi connectivity index (χ1) is 8.77. The van der Waals surface area contributed by atoms with Crippen LogP contribution in [0.1, 0.15) is 33.0 Å². The number of carbonyl (C=O) groups is 2. The third-order valence-electron chi connectivity index (χ3n) is 2.55. The number of carboxylic acid groups (broad SMARTS) is 1. The van der Waals surface area contributed by atoms with Crippen LogP contribution >= 0.6 is 11.8 Å². The number of amides is 1. The predicted octanol–water partition coefficient (Wildman–Crippen LogP) is 0.628. The van der Waals surface area contributed by atoms with Crippen LogP contribution in [0.2, 0.25) is 0 Å². The number of hydrogen-bond donors (Lipinski definition) is 2. The van der Waals surface area contributed by atoms with Gasteiger partial charge < -0.3 is 10.8 Å². The van der Waals surface area contributed by atoms with Crippen molar-refractivity contribution in [3.8, 4) is 0 Å². The van der Waals surface area contributed by atoms with Crippen LogP contribution in [-0.4, -0.2) is 37.5 Å². The summed E-state index contributed by atoms with van der Waals surface area (Å²) >= 11 is 1.08. The number of primary amides is 1. The van der Waals surface area contributed by atoms with Crippen LogP contribution < -0.4 is 5.73 Å². The van der Waals surface area contributed by atoms with Gasteiger partial charge in [0.15, 0.2) is 5.16 Å². The molecule has 8 heteroatoms. The zero-order valence-corrected chi connectivity index (χ0v) is 12.0. The summed E-state index contributed by atoms with van der Waals surface area (Å²) in [5.41, 5.74) is 4.67. The molecule has 3 N–H and O–H groups in total. The Morgan fingerprint density at radius 1 is 1.42 bits per heavy atom. The highest BCUT2D eigenvalue weighted by molar-refractivity contribution is 7.99. The molecular formula is C11H18N4O3S. The summed E-state index contributed by atoms with van der Waals surface area (Å²) in [4.78, 5) is 21.8. The fraction of sp³-hybridized carbons (Fsp3) is 0.636. The van der Waals surface area contributed by atoms with Gasteiger partial charge in [0.25, 0.3) is 0 Å². The van der Waals surface area contributed by atoms with Crippen LogP contribution in [0.15, 0.2) is 5.16 Å². The maximum atomic E-state index is 11.2. The molecule has 1 amide bonds. The highest BCUT2D eigenvalue weighted by Gasteiger charge is 2.29. The molecule has 7 nitrogen and oxygen atoms in total. The molecule has 0 aliphatic rings. The smallest absolute Gasteiger partial charge is 0.313 e. The second-order valence-corrected chi connectivity index (χ2v) is 5.67. The first-order valence-corrected chi connectivity index (χ1v) is 6.84. The minimum absolute atomic E-state index is 0.103. The second kappa shape index (κ2) is 6.05. The molecule has 0 spiro atoms. The molecule has 0 fully saturated rings. The molecule has 19 heavy (non-hydrogen) atoms. The average Bonchev–Trinajstić information content (AvgIpc) is 2.68. The molecule has 0 bridgehead atoms. The first-order valence-electron chi connectivity index (χ1n) is 5.85. The number of thioether (sulfide) groups is 1. The molecule has 0 aliphatic carbocycles. The second-order valence-electron chi connectivity index (χ2n) is 4.73. The number of nitrogens with two attached hydrogens (primary N) is 1. The SMILES string of the molecule is CCc1nnc(SCC(=O)O)n1C(C)(C)CC(N)=O. The van der Waals surface area contributed by atoms with Crippen molar-refractivity contribution in [3.05, 3.63) is 5.82 Å². The molecule has 1 heterocycles. The van der Waals surface area contributed by atoms with Crippen molar-refractivity contribution in [1.82, 2.24) is 14.8 Å².